The molecule has 5 nitrogen and oxygen atoms in total. The van der Waals surface area contributed by atoms with Gasteiger partial charge in [0.1, 0.15) is 0 Å². The standard InChI is InChI=1S/C18H25N5S/c1-15-5-7-16(8-6-15)17-19-20-18-23(17)13-22(14-24-18)12-11-21-9-3-2-4-10-21/h5-8H,2-4,9-14H2,1H3. The SMILES string of the molecule is Cc1ccc(-c2nnc3n2CN(CCN2CCCCC2)CS3)cc1. The van der Waals surface area contributed by atoms with Crippen LogP contribution in [0.25, 0.3) is 11.4 Å². The average Bonchev–Trinajstić information content (AvgIpc) is 3.05. The van der Waals surface area contributed by atoms with Crippen molar-refractivity contribution in [2.24, 2.45) is 0 Å². The van der Waals surface area contributed by atoms with E-state index in [1.807, 2.05) is 0 Å². The van der Waals surface area contributed by atoms with Crippen molar-refractivity contribution in [3.8, 4) is 11.4 Å². The fourth-order valence-electron chi connectivity index (χ4n) is 3.43. The zero-order chi connectivity index (χ0) is 16.4. The lowest BCUT2D eigenvalue weighted by Gasteiger charge is -2.32. The maximum absolute atomic E-state index is 4.44. The van der Waals surface area contributed by atoms with Crippen LogP contribution in [0.2, 0.25) is 0 Å². The molecule has 6 heteroatoms. The minimum Gasteiger partial charge on any atom is -0.302 e. The van der Waals surface area contributed by atoms with E-state index in [4.69, 9.17) is 0 Å². The Balaban J connectivity index is 1.44. The third-order valence-electron chi connectivity index (χ3n) is 4.93. The first-order valence-corrected chi connectivity index (χ1v) is 9.86. The largest absolute Gasteiger partial charge is 0.302 e. The van der Waals surface area contributed by atoms with E-state index in [0.29, 0.717) is 0 Å². The van der Waals surface area contributed by atoms with Crippen LogP contribution in [0, 0.1) is 6.92 Å². The van der Waals surface area contributed by atoms with E-state index in [1.165, 1.54) is 44.5 Å². The summed E-state index contributed by atoms with van der Waals surface area (Å²) in [5.74, 6) is 2.00. The lowest BCUT2D eigenvalue weighted by Crippen LogP contribution is -2.39. The summed E-state index contributed by atoms with van der Waals surface area (Å²) in [6, 6.07) is 8.57. The molecule has 1 aromatic heterocycles. The number of hydrogen-bond acceptors (Lipinski definition) is 5. The van der Waals surface area contributed by atoms with Crippen molar-refractivity contribution in [3.63, 3.8) is 0 Å². The maximum Gasteiger partial charge on any atom is 0.193 e. The Bertz CT molecular complexity index is 675. The minimum atomic E-state index is 0.895. The van der Waals surface area contributed by atoms with E-state index in [2.05, 4.69) is 55.8 Å². The number of nitrogens with zero attached hydrogens (tertiary/aromatic N) is 5. The van der Waals surface area contributed by atoms with E-state index in [1.54, 1.807) is 11.8 Å². The van der Waals surface area contributed by atoms with Gasteiger partial charge in [-0.25, -0.2) is 0 Å². The molecular formula is C18H25N5S. The van der Waals surface area contributed by atoms with E-state index in [0.717, 1.165) is 35.6 Å². The molecule has 2 aliphatic rings. The summed E-state index contributed by atoms with van der Waals surface area (Å²) in [6.45, 7) is 7.85. The van der Waals surface area contributed by atoms with Gasteiger partial charge in [0.15, 0.2) is 11.0 Å². The molecule has 0 N–H and O–H groups in total. The van der Waals surface area contributed by atoms with Gasteiger partial charge in [0.05, 0.1) is 12.5 Å². The summed E-state index contributed by atoms with van der Waals surface area (Å²) in [5, 5.41) is 9.86. The van der Waals surface area contributed by atoms with Crippen molar-refractivity contribution in [2.45, 2.75) is 38.0 Å². The fourth-order valence-corrected chi connectivity index (χ4v) is 4.34. The van der Waals surface area contributed by atoms with E-state index >= 15 is 0 Å². The van der Waals surface area contributed by atoms with Crippen LogP contribution in [0.1, 0.15) is 24.8 Å². The van der Waals surface area contributed by atoms with Gasteiger partial charge in [-0.05, 0) is 32.9 Å². The van der Waals surface area contributed by atoms with Crippen molar-refractivity contribution < 1.29 is 0 Å². The van der Waals surface area contributed by atoms with Crippen molar-refractivity contribution in [1.29, 1.82) is 0 Å². The Kier molecular flexibility index (Phi) is 4.87. The van der Waals surface area contributed by atoms with Crippen LogP contribution in [0.5, 0.6) is 0 Å². The monoisotopic (exact) mass is 343 g/mol. The highest BCUT2D eigenvalue weighted by Gasteiger charge is 2.22. The molecule has 2 aliphatic heterocycles. The van der Waals surface area contributed by atoms with Gasteiger partial charge in [-0.15, -0.1) is 10.2 Å². The number of thioether (sulfide) groups is 1. The number of aromatic nitrogens is 3. The molecule has 0 saturated carbocycles. The Morgan fingerprint density at radius 3 is 2.50 bits per heavy atom. The molecule has 0 amide bonds. The van der Waals surface area contributed by atoms with Gasteiger partial charge in [-0.2, -0.15) is 0 Å². The molecule has 4 rings (SSSR count). The first kappa shape index (κ1) is 16.1. The quantitative estimate of drug-likeness (QED) is 0.853. The molecule has 0 spiro atoms. The molecule has 1 aromatic carbocycles. The third-order valence-corrected chi connectivity index (χ3v) is 5.98. The van der Waals surface area contributed by atoms with Gasteiger partial charge in [-0.1, -0.05) is 48.0 Å². The summed E-state index contributed by atoms with van der Waals surface area (Å²) >= 11 is 1.80. The Morgan fingerprint density at radius 1 is 0.958 bits per heavy atom. The number of benzene rings is 1. The molecule has 0 atom stereocenters. The zero-order valence-electron chi connectivity index (χ0n) is 14.3. The normalized spacial score (nSPS) is 19.4. The number of fused-ring (bicyclic) bond motifs is 1. The molecule has 0 bridgehead atoms. The summed E-state index contributed by atoms with van der Waals surface area (Å²) in [7, 11) is 0. The van der Waals surface area contributed by atoms with E-state index < -0.39 is 0 Å². The molecule has 128 valence electrons. The van der Waals surface area contributed by atoms with Crippen molar-refractivity contribution in [3.05, 3.63) is 29.8 Å². The second kappa shape index (κ2) is 7.25. The van der Waals surface area contributed by atoms with Crippen LogP contribution in [0.3, 0.4) is 0 Å². The average molecular weight is 344 g/mol. The van der Waals surface area contributed by atoms with Gasteiger partial charge < -0.3 is 4.90 Å². The van der Waals surface area contributed by atoms with Crippen LogP contribution in [0.4, 0.5) is 0 Å². The van der Waals surface area contributed by atoms with Crippen LogP contribution in [-0.2, 0) is 6.67 Å². The van der Waals surface area contributed by atoms with Gasteiger partial charge in [0.2, 0.25) is 0 Å². The lowest BCUT2D eigenvalue weighted by atomic mass is 10.1. The van der Waals surface area contributed by atoms with Crippen molar-refractivity contribution in [1.82, 2.24) is 24.6 Å². The molecule has 0 radical (unpaired) electrons. The highest BCUT2D eigenvalue weighted by atomic mass is 32.2. The molecule has 24 heavy (non-hydrogen) atoms. The number of likely N-dealkylation sites (tertiary alicyclic amines) is 1. The van der Waals surface area contributed by atoms with Crippen LogP contribution in [-0.4, -0.2) is 56.6 Å². The van der Waals surface area contributed by atoms with Crippen LogP contribution >= 0.6 is 11.8 Å². The molecule has 0 aliphatic carbocycles. The second-order valence-corrected chi connectivity index (χ2v) is 7.72. The highest BCUT2D eigenvalue weighted by molar-refractivity contribution is 7.99. The Morgan fingerprint density at radius 2 is 1.71 bits per heavy atom. The highest BCUT2D eigenvalue weighted by Crippen LogP contribution is 2.28. The van der Waals surface area contributed by atoms with Gasteiger partial charge in [-0.3, -0.25) is 9.47 Å². The predicted octanol–water partition coefficient (Wildman–Crippen LogP) is 3.06. The summed E-state index contributed by atoms with van der Waals surface area (Å²) in [4.78, 5) is 5.12. The molecule has 1 fully saturated rings. The predicted molar refractivity (Wildman–Crippen MR) is 97.9 cm³/mol. The zero-order valence-corrected chi connectivity index (χ0v) is 15.1. The maximum atomic E-state index is 4.44. The molecule has 2 aromatic rings. The number of hydrogen-bond donors (Lipinski definition) is 0. The number of aryl methyl sites for hydroxylation is 1. The first-order valence-electron chi connectivity index (χ1n) is 8.87. The topological polar surface area (TPSA) is 37.2 Å². The van der Waals surface area contributed by atoms with Gasteiger partial charge in [0.25, 0.3) is 0 Å². The van der Waals surface area contributed by atoms with E-state index in [-0.39, 0.29) is 0 Å². The summed E-state index contributed by atoms with van der Waals surface area (Å²) in [6.07, 6.45) is 4.13. The summed E-state index contributed by atoms with van der Waals surface area (Å²) < 4.78 is 2.26. The lowest BCUT2D eigenvalue weighted by molar-refractivity contribution is 0.169. The van der Waals surface area contributed by atoms with Gasteiger partial charge in [0, 0.05) is 18.7 Å². The Hall–Kier alpha value is -1.37. The smallest absolute Gasteiger partial charge is 0.193 e. The Labute approximate surface area is 148 Å². The molecular weight excluding hydrogens is 318 g/mol. The third kappa shape index (κ3) is 3.50. The van der Waals surface area contributed by atoms with Crippen LogP contribution < -0.4 is 0 Å². The second-order valence-electron chi connectivity index (χ2n) is 6.81. The van der Waals surface area contributed by atoms with Crippen LogP contribution in [0.15, 0.2) is 29.4 Å². The molecule has 0 unspecified atom stereocenters. The van der Waals surface area contributed by atoms with Crippen molar-refractivity contribution >= 4 is 11.8 Å². The number of piperidine rings is 1. The fraction of sp³-hybridized carbons (Fsp3) is 0.556. The number of rotatable bonds is 4. The van der Waals surface area contributed by atoms with Crippen molar-refractivity contribution in [2.75, 3.05) is 32.1 Å². The summed E-state index contributed by atoms with van der Waals surface area (Å²) in [5.41, 5.74) is 2.42. The first-order chi connectivity index (χ1) is 11.8. The van der Waals surface area contributed by atoms with E-state index in [9.17, 15) is 0 Å². The minimum absolute atomic E-state index is 0.895. The molecule has 1 saturated heterocycles. The molecule has 3 heterocycles. The van der Waals surface area contributed by atoms with Gasteiger partial charge >= 0.3 is 0 Å².